The van der Waals surface area contributed by atoms with Crippen LogP contribution >= 0.6 is 0 Å². The molecular weight excluding hydrogens is 246 g/mol. The van der Waals surface area contributed by atoms with E-state index in [0.29, 0.717) is 13.2 Å². The first-order valence-corrected chi connectivity index (χ1v) is 6.28. The van der Waals surface area contributed by atoms with Crippen LogP contribution in [0.15, 0.2) is 30.3 Å². The van der Waals surface area contributed by atoms with E-state index < -0.39 is 11.9 Å². The molecule has 1 saturated heterocycles. The van der Waals surface area contributed by atoms with Gasteiger partial charge in [-0.25, -0.2) is 0 Å². The zero-order valence-corrected chi connectivity index (χ0v) is 10.5. The Labute approximate surface area is 111 Å². The lowest BCUT2D eigenvalue weighted by Crippen LogP contribution is -2.45. The van der Waals surface area contributed by atoms with Crippen LogP contribution in [-0.2, 0) is 20.9 Å². The number of rotatable bonds is 5. The molecule has 5 nitrogen and oxygen atoms in total. The third-order valence-corrected chi connectivity index (χ3v) is 3.30. The normalized spacial score (nSPS) is 22.8. The van der Waals surface area contributed by atoms with E-state index in [4.69, 9.17) is 9.84 Å². The lowest BCUT2D eigenvalue weighted by atomic mass is 9.87. The molecule has 5 heteroatoms. The van der Waals surface area contributed by atoms with Crippen molar-refractivity contribution in [3.05, 3.63) is 35.9 Å². The fourth-order valence-electron chi connectivity index (χ4n) is 2.21. The number of carbonyl (C=O) groups is 2. The van der Waals surface area contributed by atoms with Gasteiger partial charge in [0.1, 0.15) is 0 Å². The van der Waals surface area contributed by atoms with Crippen molar-refractivity contribution in [2.45, 2.75) is 13.0 Å². The summed E-state index contributed by atoms with van der Waals surface area (Å²) in [6.45, 7) is 0.915. The summed E-state index contributed by atoms with van der Waals surface area (Å²) in [4.78, 5) is 22.4. The Kier molecular flexibility index (Phi) is 4.52. The van der Waals surface area contributed by atoms with Crippen molar-refractivity contribution in [2.75, 3.05) is 13.2 Å². The Balaban J connectivity index is 1.85. The molecule has 2 N–H and O–H groups in total. The number of benzene rings is 1. The Morgan fingerprint density at radius 3 is 2.79 bits per heavy atom. The van der Waals surface area contributed by atoms with Crippen molar-refractivity contribution in [3.8, 4) is 0 Å². The minimum absolute atomic E-state index is 0.106. The predicted molar refractivity (Wildman–Crippen MR) is 68.3 cm³/mol. The fourth-order valence-corrected chi connectivity index (χ4v) is 2.21. The van der Waals surface area contributed by atoms with Crippen LogP contribution in [0.3, 0.4) is 0 Å². The lowest BCUT2D eigenvalue weighted by molar-refractivity contribution is -0.147. The second-order valence-electron chi connectivity index (χ2n) is 4.71. The number of carboxylic acid groups (broad SMARTS) is 1. The first-order valence-electron chi connectivity index (χ1n) is 6.28. The summed E-state index contributed by atoms with van der Waals surface area (Å²) in [7, 11) is 0. The number of aliphatic carboxylic acids is 1. The molecule has 1 heterocycles. The first kappa shape index (κ1) is 13.5. The average Bonchev–Trinajstić information content (AvgIpc) is 2.39. The van der Waals surface area contributed by atoms with Crippen LogP contribution in [-0.4, -0.2) is 30.1 Å². The van der Waals surface area contributed by atoms with Gasteiger partial charge in [0, 0.05) is 18.9 Å². The molecule has 0 bridgehead atoms. The van der Waals surface area contributed by atoms with Gasteiger partial charge in [0.25, 0.3) is 0 Å². The smallest absolute Gasteiger partial charge is 0.308 e. The highest BCUT2D eigenvalue weighted by Crippen LogP contribution is 2.21. The summed E-state index contributed by atoms with van der Waals surface area (Å²) >= 11 is 0. The molecule has 1 amide bonds. The second kappa shape index (κ2) is 6.33. The van der Waals surface area contributed by atoms with Gasteiger partial charge in [0.05, 0.1) is 19.1 Å². The Bertz CT molecular complexity index is 446. The monoisotopic (exact) mass is 263 g/mol. The van der Waals surface area contributed by atoms with Gasteiger partial charge in [-0.1, -0.05) is 30.3 Å². The highest BCUT2D eigenvalue weighted by atomic mass is 16.5. The van der Waals surface area contributed by atoms with Gasteiger partial charge >= 0.3 is 5.97 Å². The van der Waals surface area contributed by atoms with Crippen molar-refractivity contribution < 1.29 is 19.4 Å². The SMILES string of the molecule is O=C1CC(COCc2ccccc2)C(C(=O)O)CN1. The van der Waals surface area contributed by atoms with E-state index in [2.05, 4.69) is 5.32 Å². The summed E-state index contributed by atoms with van der Waals surface area (Å²) < 4.78 is 5.54. The number of hydrogen-bond donors (Lipinski definition) is 2. The largest absolute Gasteiger partial charge is 0.481 e. The molecule has 0 radical (unpaired) electrons. The number of amides is 1. The van der Waals surface area contributed by atoms with E-state index in [1.165, 1.54) is 0 Å². The zero-order chi connectivity index (χ0) is 13.7. The highest BCUT2D eigenvalue weighted by Gasteiger charge is 2.34. The number of ether oxygens (including phenoxy) is 1. The van der Waals surface area contributed by atoms with Crippen LogP contribution in [0.4, 0.5) is 0 Å². The molecule has 1 fully saturated rings. The average molecular weight is 263 g/mol. The topological polar surface area (TPSA) is 75.6 Å². The van der Waals surface area contributed by atoms with E-state index in [0.717, 1.165) is 5.56 Å². The van der Waals surface area contributed by atoms with Crippen molar-refractivity contribution in [1.29, 1.82) is 0 Å². The van der Waals surface area contributed by atoms with Crippen LogP contribution in [0, 0.1) is 11.8 Å². The number of carbonyl (C=O) groups excluding carboxylic acids is 1. The summed E-state index contributed by atoms with van der Waals surface area (Å²) in [6, 6.07) is 9.67. The van der Waals surface area contributed by atoms with Crippen LogP contribution in [0.25, 0.3) is 0 Å². The molecule has 0 saturated carbocycles. The maximum Gasteiger partial charge on any atom is 0.308 e. The Morgan fingerprint density at radius 2 is 2.11 bits per heavy atom. The number of carboxylic acids is 1. The molecule has 0 spiro atoms. The van der Waals surface area contributed by atoms with E-state index in [-0.39, 0.29) is 24.8 Å². The Hall–Kier alpha value is -1.88. The van der Waals surface area contributed by atoms with E-state index >= 15 is 0 Å². The second-order valence-corrected chi connectivity index (χ2v) is 4.71. The van der Waals surface area contributed by atoms with Crippen molar-refractivity contribution in [3.63, 3.8) is 0 Å². The molecular formula is C14H17NO4. The third kappa shape index (κ3) is 3.79. The minimum atomic E-state index is -0.881. The molecule has 0 aromatic heterocycles. The highest BCUT2D eigenvalue weighted by molar-refractivity contribution is 5.80. The summed E-state index contributed by atoms with van der Waals surface area (Å²) in [5, 5.41) is 11.7. The third-order valence-electron chi connectivity index (χ3n) is 3.30. The van der Waals surface area contributed by atoms with Crippen LogP contribution in [0.1, 0.15) is 12.0 Å². The summed E-state index contributed by atoms with van der Waals surface area (Å²) in [6.07, 6.45) is 0.214. The number of hydrogen-bond acceptors (Lipinski definition) is 3. The number of nitrogens with one attached hydrogen (secondary N) is 1. The zero-order valence-electron chi connectivity index (χ0n) is 10.5. The molecule has 1 aromatic carbocycles. The van der Waals surface area contributed by atoms with Crippen LogP contribution < -0.4 is 5.32 Å². The molecule has 2 atom stereocenters. The first-order chi connectivity index (χ1) is 9.16. The van der Waals surface area contributed by atoms with E-state index in [1.807, 2.05) is 30.3 Å². The fraction of sp³-hybridized carbons (Fsp3) is 0.429. The van der Waals surface area contributed by atoms with Gasteiger partial charge in [0.15, 0.2) is 0 Å². The lowest BCUT2D eigenvalue weighted by Gasteiger charge is -2.28. The summed E-state index contributed by atoms with van der Waals surface area (Å²) in [5.41, 5.74) is 1.04. The number of piperidine rings is 1. The molecule has 2 unspecified atom stereocenters. The van der Waals surface area contributed by atoms with Gasteiger partial charge in [0.2, 0.25) is 5.91 Å². The van der Waals surface area contributed by atoms with E-state index in [1.54, 1.807) is 0 Å². The maximum atomic E-state index is 11.3. The molecule has 0 aliphatic carbocycles. The molecule has 1 aliphatic heterocycles. The van der Waals surface area contributed by atoms with Crippen LogP contribution in [0.2, 0.25) is 0 Å². The quantitative estimate of drug-likeness (QED) is 0.832. The van der Waals surface area contributed by atoms with Gasteiger partial charge in [-0.2, -0.15) is 0 Å². The molecule has 102 valence electrons. The standard InChI is InChI=1S/C14H17NO4/c16-13-6-11(12(7-15-13)14(17)18)9-19-8-10-4-2-1-3-5-10/h1-5,11-12H,6-9H2,(H,15,16)(H,17,18). The van der Waals surface area contributed by atoms with Gasteiger partial charge in [-0.15, -0.1) is 0 Å². The molecule has 19 heavy (non-hydrogen) atoms. The molecule has 1 aliphatic rings. The van der Waals surface area contributed by atoms with Crippen LogP contribution in [0.5, 0.6) is 0 Å². The van der Waals surface area contributed by atoms with E-state index in [9.17, 15) is 9.59 Å². The molecule has 2 rings (SSSR count). The van der Waals surface area contributed by atoms with Gasteiger partial charge in [-0.3, -0.25) is 9.59 Å². The van der Waals surface area contributed by atoms with Crippen molar-refractivity contribution in [2.24, 2.45) is 11.8 Å². The summed E-state index contributed by atoms with van der Waals surface area (Å²) in [5.74, 6) is -1.80. The minimum Gasteiger partial charge on any atom is -0.481 e. The van der Waals surface area contributed by atoms with Gasteiger partial charge in [-0.05, 0) is 5.56 Å². The molecule has 1 aromatic rings. The maximum absolute atomic E-state index is 11.3. The Morgan fingerprint density at radius 1 is 1.37 bits per heavy atom. The van der Waals surface area contributed by atoms with Crippen molar-refractivity contribution in [1.82, 2.24) is 5.32 Å². The van der Waals surface area contributed by atoms with Gasteiger partial charge < -0.3 is 15.2 Å². The predicted octanol–water partition coefficient (Wildman–Crippen LogP) is 1.04. The van der Waals surface area contributed by atoms with Crippen molar-refractivity contribution >= 4 is 11.9 Å².